The standard InChI is InChI=1S/C16H16FNO2/c1-10(2)20-15-7-6-12(17)9-14(15)16(19)11-4-3-5-13(18)8-11/h3-10H,18H2,1-2H3. The molecule has 0 unspecified atom stereocenters. The zero-order valence-electron chi connectivity index (χ0n) is 11.4. The van der Waals surface area contributed by atoms with Crippen molar-refractivity contribution >= 4 is 11.5 Å². The van der Waals surface area contributed by atoms with Crippen molar-refractivity contribution in [2.45, 2.75) is 20.0 Å². The van der Waals surface area contributed by atoms with E-state index < -0.39 is 5.82 Å². The predicted molar refractivity (Wildman–Crippen MR) is 76.5 cm³/mol. The van der Waals surface area contributed by atoms with Gasteiger partial charge in [0.1, 0.15) is 11.6 Å². The number of benzene rings is 2. The summed E-state index contributed by atoms with van der Waals surface area (Å²) in [6, 6.07) is 10.5. The molecule has 0 aromatic heterocycles. The van der Waals surface area contributed by atoms with Crippen molar-refractivity contribution in [1.29, 1.82) is 0 Å². The van der Waals surface area contributed by atoms with Crippen LogP contribution in [0, 0.1) is 5.82 Å². The van der Waals surface area contributed by atoms with Crippen molar-refractivity contribution in [3.05, 3.63) is 59.4 Å². The number of nitrogen functional groups attached to an aromatic ring is 1. The molecule has 4 heteroatoms. The molecule has 0 aliphatic rings. The van der Waals surface area contributed by atoms with Crippen LogP contribution in [0.4, 0.5) is 10.1 Å². The number of anilines is 1. The molecule has 0 saturated carbocycles. The van der Waals surface area contributed by atoms with Gasteiger partial charge in [-0.1, -0.05) is 12.1 Å². The molecule has 0 aliphatic heterocycles. The van der Waals surface area contributed by atoms with Crippen molar-refractivity contribution in [2.75, 3.05) is 5.73 Å². The Balaban J connectivity index is 2.45. The Bertz CT molecular complexity index is 638. The third-order valence-corrected chi connectivity index (χ3v) is 2.70. The summed E-state index contributed by atoms with van der Waals surface area (Å²) < 4.78 is 19.0. The third-order valence-electron chi connectivity index (χ3n) is 2.70. The molecule has 0 bridgehead atoms. The van der Waals surface area contributed by atoms with Crippen LogP contribution in [-0.2, 0) is 0 Å². The normalized spacial score (nSPS) is 10.6. The Labute approximate surface area is 117 Å². The maximum atomic E-state index is 13.4. The maximum absolute atomic E-state index is 13.4. The van der Waals surface area contributed by atoms with Crippen molar-refractivity contribution in [3.8, 4) is 5.75 Å². The number of halogens is 1. The van der Waals surface area contributed by atoms with E-state index in [0.717, 1.165) is 0 Å². The van der Waals surface area contributed by atoms with Gasteiger partial charge in [0.05, 0.1) is 11.7 Å². The minimum atomic E-state index is -0.478. The fourth-order valence-corrected chi connectivity index (χ4v) is 1.87. The highest BCUT2D eigenvalue weighted by Crippen LogP contribution is 2.24. The molecular weight excluding hydrogens is 257 g/mol. The topological polar surface area (TPSA) is 52.3 Å². The first kappa shape index (κ1) is 14.1. The molecule has 104 valence electrons. The van der Waals surface area contributed by atoms with Gasteiger partial charge < -0.3 is 10.5 Å². The number of hydrogen-bond donors (Lipinski definition) is 1. The van der Waals surface area contributed by atoms with Gasteiger partial charge in [0.25, 0.3) is 0 Å². The molecule has 2 aromatic rings. The van der Waals surface area contributed by atoms with Crippen LogP contribution in [0.15, 0.2) is 42.5 Å². The lowest BCUT2D eigenvalue weighted by Gasteiger charge is -2.14. The number of carbonyl (C=O) groups excluding carboxylic acids is 1. The molecule has 2 aromatic carbocycles. The molecule has 0 heterocycles. The Kier molecular flexibility index (Phi) is 4.03. The Morgan fingerprint density at radius 3 is 2.60 bits per heavy atom. The van der Waals surface area contributed by atoms with Crippen LogP contribution in [0.2, 0.25) is 0 Å². The third kappa shape index (κ3) is 3.15. The van der Waals surface area contributed by atoms with Crippen LogP contribution < -0.4 is 10.5 Å². The quantitative estimate of drug-likeness (QED) is 0.686. The summed E-state index contributed by atoms with van der Waals surface area (Å²) in [7, 11) is 0. The van der Waals surface area contributed by atoms with E-state index >= 15 is 0 Å². The van der Waals surface area contributed by atoms with Crippen LogP contribution in [0.25, 0.3) is 0 Å². The number of ether oxygens (including phenoxy) is 1. The average Bonchev–Trinajstić information content (AvgIpc) is 2.39. The summed E-state index contributed by atoms with van der Waals surface area (Å²) in [5.41, 5.74) is 6.76. The van der Waals surface area contributed by atoms with Gasteiger partial charge in [-0.15, -0.1) is 0 Å². The molecule has 0 aliphatic carbocycles. The second-order valence-electron chi connectivity index (χ2n) is 4.76. The highest BCUT2D eigenvalue weighted by Gasteiger charge is 2.16. The summed E-state index contributed by atoms with van der Waals surface area (Å²) in [6.07, 6.45) is -0.104. The van der Waals surface area contributed by atoms with Crippen LogP contribution in [0.5, 0.6) is 5.75 Å². The highest BCUT2D eigenvalue weighted by molar-refractivity contribution is 6.11. The lowest BCUT2D eigenvalue weighted by molar-refractivity contribution is 0.103. The summed E-state index contributed by atoms with van der Waals surface area (Å²) in [5, 5.41) is 0. The second-order valence-corrected chi connectivity index (χ2v) is 4.76. The predicted octanol–water partition coefficient (Wildman–Crippen LogP) is 3.43. The first-order valence-electron chi connectivity index (χ1n) is 6.34. The first-order valence-corrected chi connectivity index (χ1v) is 6.34. The van der Waals surface area contributed by atoms with E-state index in [0.29, 0.717) is 17.0 Å². The molecular formula is C16H16FNO2. The van der Waals surface area contributed by atoms with E-state index in [1.54, 1.807) is 24.3 Å². The SMILES string of the molecule is CC(C)Oc1ccc(F)cc1C(=O)c1cccc(N)c1. The van der Waals surface area contributed by atoms with E-state index in [-0.39, 0.29) is 17.5 Å². The van der Waals surface area contributed by atoms with Crippen molar-refractivity contribution < 1.29 is 13.9 Å². The molecule has 2 N–H and O–H groups in total. The van der Waals surface area contributed by atoms with E-state index in [2.05, 4.69) is 0 Å². The van der Waals surface area contributed by atoms with Gasteiger partial charge in [0.2, 0.25) is 0 Å². The monoisotopic (exact) mass is 273 g/mol. The van der Waals surface area contributed by atoms with Crippen LogP contribution in [-0.4, -0.2) is 11.9 Å². The zero-order chi connectivity index (χ0) is 14.7. The maximum Gasteiger partial charge on any atom is 0.196 e. The molecule has 0 saturated heterocycles. The lowest BCUT2D eigenvalue weighted by atomic mass is 10.0. The average molecular weight is 273 g/mol. The molecule has 0 amide bonds. The van der Waals surface area contributed by atoms with E-state index in [1.807, 2.05) is 13.8 Å². The van der Waals surface area contributed by atoms with Crippen molar-refractivity contribution in [1.82, 2.24) is 0 Å². The van der Waals surface area contributed by atoms with Gasteiger partial charge in [-0.25, -0.2) is 4.39 Å². The Morgan fingerprint density at radius 2 is 1.95 bits per heavy atom. The van der Waals surface area contributed by atoms with Gasteiger partial charge in [-0.3, -0.25) is 4.79 Å². The summed E-state index contributed by atoms with van der Waals surface area (Å²) >= 11 is 0. The van der Waals surface area contributed by atoms with E-state index in [9.17, 15) is 9.18 Å². The van der Waals surface area contributed by atoms with E-state index in [1.165, 1.54) is 18.2 Å². The van der Waals surface area contributed by atoms with E-state index in [4.69, 9.17) is 10.5 Å². The first-order chi connectivity index (χ1) is 9.47. The van der Waals surface area contributed by atoms with Gasteiger partial charge in [-0.05, 0) is 44.2 Å². The molecule has 0 spiro atoms. The van der Waals surface area contributed by atoms with Crippen LogP contribution in [0.1, 0.15) is 29.8 Å². The molecule has 0 radical (unpaired) electrons. The summed E-state index contributed by atoms with van der Waals surface area (Å²) in [4.78, 5) is 12.5. The fraction of sp³-hybridized carbons (Fsp3) is 0.188. The number of rotatable bonds is 4. The van der Waals surface area contributed by atoms with Gasteiger partial charge in [0.15, 0.2) is 5.78 Å². The summed E-state index contributed by atoms with van der Waals surface area (Å²) in [5.74, 6) is -0.422. The number of carbonyl (C=O) groups is 1. The van der Waals surface area contributed by atoms with Gasteiger partial charge >= 0.3 is 0 Å². The largest absolute Gasteiger partial charge is 0.490 e. The number of ketones is 1. The molecule has 20 heavy (non-hydrogen) atoms. The lowest BCUT2D eigenvalue weighted by Crippen LogP contribution is -2.11. The Hall–Kier alpha value is -2.36. The summed E-state index contributed by atoms with van der Waals surface area (Å²) in [6.45, 7) is 3.69. The van der Waals surface area contributed by atoms with Gasteiger partial charge in [-0.2, -0.15) is 0 Å². The second kappa shape index (κ2) is 5.74. The van der Waals surface area contributed by atoms with Crippen molar-refractivity contribution in [3.63, 3.8) is 0 Å². The number of nitrogens with two attached hydrogens (primary N) is 1. The minimum absolute atomic E-state index is 0.104. The Morgan fingerprint density at radius 1 is 1.20 bits per heavy atom. The highest BCUT2D eigenvalue weighted by atomic mass is 19.1. The van der Waals surface area contributed by atoms with Crippen LogP contribution in [0.3, 0.4) is 0 Å². The zero-order valence-corrected chi connectivity index (χ0v) is 11.4. The van der Waals surface area contributed by atoms with Crippen molar-refractivity contribution in [2.24, 2.45) is 0 Å². The van der Waals surface area contributed by atoms with Crippen LogP contribution >= 0.6 is 0 Å². The molecule has 3 nitrogen and oxygen atoms in total. The smallest absolute Gasteiger partial charge is 0.196 e. The fourth-order valence-electron chi connectivity index (χ4n) is 1.87. The molecule has 2 rings (SSSR count). The van der Waals surface area contributed by atoms with Gasteiger partial charge in [0, 0.05) is 11.3 Å². The molecule has 0 fully saturated rings. The number of hydrogen-bond acceptors (Lipinski definition) is 3. The minimum Gasteiger partial charge on any atom is -0.490 e. The molecule has 0 atom stereocenters.